The van der Waals surface area contributed by atoms with Crippen molar-refractivity contribution in [2.75, 3.05) is 6.54 Å². The van der Waals surface area contributed by atoms with Crippen LogP contribution < -0.4 is 0 Å². The third kappa shape index (κ3) is 3.14. The second-order valence-corrected chi connectivity index (χ2v) is 5.98. The number of carbonyl (C=O) groups excluding carboxylic acids is 1. The fourth-order valence-corrected chi connectivity index (χ4v) is 3.50. The molecule has 0 spiro atoms. The molecule has 0 radical (unpaired) electrons. The second kappa shape index (κ2) is 6.57. The lowest BCUT2D eigenvalue weighted by molar-refractivity contribution is -0.156. The number of nitrogens with zero attached hydrogens (tertiary/aromatic N) is 1. The highest BCUT2D eigenvalue weighted by Crippen LogP contribution is 2.30. The first kappa shape index (κ1) is 15.3. The van der Waals surface area contributed by atoms with Crippen molar-refractivity contribution in [3.8, 4) is 0 Å². The molecule has 20 heavy (non-hydrogen) atoms. The molecule has 2 rings (SSSR count). The Morgan fingerprint density at radius 3 is 2.35 bits per heavy atom. The lowest BCUT2D eigenvalue weighted by Crippen LogP contribution is -2.49. The van der Waals surface area contributed by atoms with Gasteiger partial charge in [-0.2, -0.15) is 0 Å². The first-order chi connectivity index (χ1) is 9.54. The van der Waals surface area contributed by atoms with E-state index >= 15 is 0 Å². The average Bonchev–Trinajstić information content (AvgIpc) is 2.91. The van der Waals surface area contributed by atoms with Crippen molar-refractivity contribution < 1.29 is 19.4 Å². The molecule has 4 atom stereocenters. The molecule has 2 unspecified atom stereocenters. The number of rotatable bonds is 4. The molecule has 1 amide bonds. The summed E-state index contributed by atoms with van der Waals surface area (Å²) in [7, 11) is 0. The van der Waals surface area contributed by atoms with Crippen LogP contribution in [0.15, 0.2) is 0 Å². The Morgan fingerprint density at radius 1 is 1.15 bits per heavy atom. The van der Waals surface area contributed by atoms with E-state index in [0.717, 1.165) is 12.8 Å². The summed E-state index contributed by atoms with van der Waals surface area (Å²) in [5.74, 6) is -0.464. The Balaban J connectivity index is 2.00. The van der Waals surface area contributed by atoms with Gasteiger partial charge in [0, 0.05) is 12.6 Å². The van der Waals surface area contributed by atoms with Gasteiger partial charge in [0.15, 0.2) is 6.10 Å². The summed E-state index contributed by atoms with van der Waals surface area (Å²) in [6.07, 6.45) is 4.20. The maximum atomic E-state index is 12.6. The van der Waals surface area contributed by atoms with Gasteiger partial charge < -0.3 is 14.7 Å². The molecular formula is C15H25NO4. The number of amides is 1. The van der Waals surface area contributed by atoms with Gasteiger partial charge in [0.25, 0.3) is 5.91 Å². The normalized spacial score (nSPS) is 33.9. The number of carboxylic acids is 1. The Hall–Kier alpha value is -1.10. The molecule has 5 nitrogen and oxygen atoms in total. The van der Waals surface area contributed by atoms with E-state index in [2.05, 4.69) is 6.92 Å². The van der Waals surface area contributed by atoms with Crippen molar-refractivity contribution >= 4 is 11.9 Å². The van der Waals surface area contributed by atoms with Crippen molar-refractivity contribution in [3.05, 3.63) is 0 Å². The van der Waals surface area contributed by atoms with Crippen LogP contribution in [0.25, 0.3) is 0 Å². The molecule has 2 fully saturated rings. The maximum Gasteiger partial charge on any atom is 0.332 e. The minimum atomic E-state index is -0.964. The molecule has 1 N–H and O–H groups in total. The number of hydrogen-bond donors (Lipinski definition) is 1. The molecule has 1 heterocycles. The summed E-state index contributed by atoms with van der Waals surface area (Å²) in [5.41, 5.74) is 0. The number of carboxylic acid groups (broad SMARTS) is 1. The van der Waals surface area contributed by atoms with E-state index in [-0.39, 0.29) is 11.9 Å². The maximum absolute atomic E-state index is 12.6. The topological polar surface area (TPSA) is 66.8 Å². The first-order valence-corrected chi connectivity index (χ1v) is 7.73. The van der Waals surface area contributed by atoms with E-state index in [4.69, 9.17) is 9.84 Å². The predicted octanol–water partition coefficient (Wildman–Crippen LogP) is 2.05. The molecule has 1 saturated heterocycles. The number of ether oxygens (including phenoxy) is 1. The number of likely N-dealkylation sites (N-methyl/N-ethyl adjacent to an activating group) is 1. The molecule has 0 aromatic carbocycles. The van der Waals surface area contributed by atoms with Gasteiger partial charge in [-0.1, -0.05) is 19.8 Å². The van der Waals surface area contributed by atoms with E-state index < -0.39 is 18.2 Å². The third-order valence-electron chi connectivity index (χ3n) is 4.66. The van der Waals surface area contributed by atoms with Gasteiger partial charge in [0.1, 0.15) is 6.10 Å². The molecule has 1 saturated carbocycles. The highest BCUT2D eigenvalue weighted by Gasteiger charge is 2.39. The fraction of sp³-hybridized carbons (Fsp3) is 0.867. The zero-order valence-electron chi connectivity index (χ0n) is 12.4. The van der Waals surface area contributed by atoms with Gasteiger partial charge in [-0.3, -0.25) is 4.79 Å². The Labute approximate surface area is 120 Å². The Morgan fingerprint density at radius 2 is 1.80 bits per heavy atom. The predicted molar refractivity (Wildman–Crippen MR) is 74.3 cm³/mol. The quantitative estimate of drug-likeness (QED) is 0.857. The average molecular weight is 283 g/mol. The summed E-state index contributed by atoms with van der Waals surface area (Å²) in [4.78, 5) is 25.4. The van der Waals surface area contributed by atoms with Crippen molar-refractivity contribution in [2.24, 2.45) is 5.92 Å². The van der Waals surface area contributed by atoms with Crippen LogP contribution in [-0.2, 0) is 14.3 Å². The zero-order chi connectivity index (χ0) is 14.7. The lowest BCUT2D eigenvalue weighted by Gasteiger charge is -2.39. The van der Waals surface area contributed by atoms with Crippen LogP contribution in [0, 0.1) is 5.92 Å². The molecule has 2 aliphatic rings. The van der Waals surface area contributed by atoms with Crippen LogP contribution in [0.1, 0.15) is 52.4 Å². The fourth-order valence-electron chi connectivity index (χ4n) is 3.50. The minimum absolute atomic E-state index is 0.0185. The smallest absolute Gasteiger partial charge is 0.332 e. The van der Waals surface area contributed by atoms with Gasteiger partial charge in [-0.05, 0) is 38.5 Å². The Kier molecular flexibility index (Phi) is 5.02. The van der Waals surface area contributed by atoms with E-state index in [1.54, 1.807) is 0 Å². The number of carbonyl (C=O) groups is 2. The molecule has 114 valence electrons. The van der Waals surface area contributed by atoms with Crippen LogP contribution in [0.3, 0.4) is 0 Å². The highest BCUT2D eigenvalue weighted by atomic mass is 16.5. The van der Waals surface area contributed by atoms with Gasteiger partial charge in [0.2, 0.25) is 0 Å². The van der Waals surface area contributed by atoms with Crippen molar-refractivity contribution in [2.45, 2.75) is 70.6 Å². The van der Waals surface area contributed by atoms with E-state index in [0.29, 0.717) is 25.3 Å². The molecule has 1 aliphatic carbocycles. The molecule has 0 bridgehead atoms. The molecule has 5 heteroatoms. The van der Waals surface area contributed by atoms with Crippen LogP contribution in [0.4, 0.5) is 0 Å². The number of aliphatic carboxylic acids is 1. The molecule has 1 aliphatic heterocycles. The van der Waals surface area contributed by atoms with E-state index in [1.807, 2.05) is 11.8 Å². The standard InChI is InChI=1S/C15H25NO4/c1-3-16(11-7-5-4-6-10(11)2)14(17)12-8-9-13(20-12)15(18)19/h10-13H,3-9H2,1-2H3,(H,18,19)/t10?,11?,12-,13+/m0/s1. The number of hydrogen-bond acceptors (Lipinski definition) is 3. The monoisotopic (exact) mass is 283 g/mol. The third-order valence-corrected chi connectivity index (χ3v) is 4.66. The summed E-state index contributed by atoms with van der Waals surface area (Å²) >= 11 is 0. The van der Waals surface area contributed by atoms with E-state index in [1.165, 1.54) is 12.8 Å². The largest absolute Gasteiger partial charge is 0.479 e. The highest BCUT2D eigenvalue weighted by molar-refractivity contribution is 5.83. The van der Waals surface area contributed by atoms with Crippen LogP contribution >= 0.6 is 0 Å². The minimum Gasteiger partial charge on any atom is -0.479 e. The zero-order valence-corrected chi connectivity index (χ0v) is 12.4. The van der Waals surface area contributed by atoms with Gasteiger partial charge in [-0.25, -0.2) is 4.79 Å². The Bertz CT molecular complexity index is 371. The van der Waals surface area contributed by atoms with Crippen LogP contribution in [0.5, 0.6) is 0 Å². The SMILES string of the molecule is CCN(C(=O)[C@@H]1CC[C@H](C(=O)O)O1)C1CCCCC1C. The van der Waals surface area contributed by atoms with Crippen molar-refractivity contribution in [1.82, 2.24) is 4.90 Å². The van der Waals surface area contributed by atoms with Gasteiger partial charge >= 0.3 is 5.97 Å². The summed E-state index contributed by atoms with van der Waals surface area (Å²) in [5, 5.41) is 8.95. The molecular weight excluding hydrogens is 258 g/mol. The summed E-state index contributed by atoms with van der Waals surface area (Å²) < 4.78 is 5.40. The van der Waals surface area contributed by atoms with E-state index in [9.17, 15) is 9.59 Å². The van der Waals surface area contributed by atoms with Crippen molar-refractivity contribution in [1.29, 1.82) is 0 Å². The first-order valence-electron chi connectivity index (χ1n) is 7.73. The second-order valence-electron chi connectivity index (χ2n) is 5.98. The van der Waals surface area contributed by atoms with Gasteiger partial charge in [0.05, 0.1) is 0 Å². The summed E-state index contributed by atoms with van der Waals surface area (Å²) in [6.45, 7) is 4.86. The van der Waals surface area contributed by atoms with Crippen LogP contribution in [-0.4, -0.2) is 46.7 Å². The van der Waals surface area contributed by atoms with Crippen molar-refractivity contribution in [3.63, 3.8) is 0 Å². The lowest BCUT2D eigenvalue weighted by atomic mass is 9.84. The van der Waals surface area contributed by atoms with Crippen LogP contribution in [0.2, 0.25) is 0 Å². The molecule has 0 aromatic rings. The van der Waals surface area contributed by atoms with Gasteiger partial charge in [-0.15, -0.1) is 0 Å². The molecule has 0 aromatic heterocycles. The summed E-state index contributed by atoms with van der Waals surface area (Å²) in [6, 6.07) is 0.286.